The van der Waals surface area contributed by atoms with Gasteiger partial charge < -0.3 is 20.5 Å². The molecule has 0 aliphatic carbocycles. The number of aryl methyl sites for hydroxylation is 1. The molecule has 146 valence electrons. The summed E-state index contributed by atoms with van der Waals surface area (Å²) in [4.78, 5) is 10.9. The van der Waals surface area contributed by atoms with Gasteiger partial charge in [0.15, 0.2) is 0 Å². The molecule has 8 heteroatoms. The molecule has 0 amide bonds. The summed E-state index contributed by atoms with van der Waals surface area (Å²) < 4.78 is 0. The predicted octanol–water partition coefficient (Wildman–Crippen LogP) is 3.40. The number of carboxylic acid groups (broad SMARTS) is 1. The summed E-state index contributed by atoms with van der Waals surface area (Å²) in [5, 5.41) is 39.5. The normalized spacial score (nSPS) is 10.9. The van der Waals surface area contributed by atoms with E-state index in [1.807, 2.05) is 37.3 Å². The van der Waals surface area contributed by atoms with Crippen molar-refractivity contribution in [1.82, 2.24) is 0 Å². The van der Waals surface area contributed by atoms with Crippen LogP contribution in [0.15, 0.2) is 77.0 Å². The summed E-state index contributed by atoms with van der Waals surface area (Å²) in [5.74, 6) is -0.983. The lowest BCUT2D eigenvalue weighted by molar-refractivity contribution is 0.0697. The van der Waals surface area contributed by atoms with Gasteiger partial charge in [0.25, 0.3) is 0 Å². The standard InChI is InChI=1S/C21H20BN3O4/c1-14-12-18(23-13-16-4-2-3-5-19(16)22(28)29)10-11-20(14)25-24-17-8-6-15(7-9-17)21(26)27/h2-12,23,28-29H,13H2,1H3,(H,26,27). The summed E-state index contributed by atoms with van der Waals surface area (Å²) in [6.07, 6.45) is 0. The lowest BCUT2D eigenvalue weighted by Crippen LogP contribution is -2.33. The number of nitrogens with zero attached hydrogens (tertiary/aromatic N) is 2. The summed E-state index contributed by atoms with van der Waals surface area (Å²) >= 11 is 0. The number of azo groups is 1. The van der Waals surface area contributed by atoms with Crippen LogP contribution in [0.4, 0.5) is 17.1 Å². The van der Waals surface area contributed by atoms with E-state index in [9.17, 15) is 14.8 Å². The summed E-state index contributed by atoms with van der Waals surface area (Å²) in [7, 11) is -1.51. The lowest BCUT2D eigenvalue weighted by atomic mass is 9.77. The molecule has 0 saturated carbocycles. The van der Waals surface area contributed by atoms with Crippen molar-refractivity contribution < 1.29 is 19.9 Å². The van der Waals surface area contributed by atoms with Gasteiger partial charge in [-0.2, -0.15) is 10.2 Å². The molecule has 0 fully saturated rings. The van der Waals surface area contributed by atoms with Crippen LogP contribution in [0.3, 0.4) is 0 Å². The minimum absolute atomic E-state index is 0.200. The third-order valence-electron chi connectivity index (χ3n) is 4.40. The van der Waals surface area contributed by atoms with Crippen LogP contribution in [0.2, 0.25) is 0 Å². The largest absolute Gasteiger partial charge is 0.488 e. The number of aromatic carboxylic acids is 1. The maximum absolute atomic E-state index is 10.9. The minimum Gasteiger partial charge on any atom is -0.478 e. The Hall–Kier alpha value is -3.49. The molecule has 0 saturated heterocycles. The Bertz CT molecular complexity index is 1040. The second kappa shape index (κ2) is 9.14. The third-order valence-corrected chi connectivity index (χ3v) is 4.40. The van der Waals surface area contributed by atoms with E-state index in [4.69, 9.17) is 5.11 Å². The highest BCUT2D eigenvalue weighted by molar-refractivity contribution is 6.59. The van der Waals surface area contributed by atoms with Gasteiger partial charge in [0.1, 0.15) is 0 Å². The highest BCUT2D eigenvalue weighted by Gasteiger charge is 2.14. The molecule has 0 unspecified atom stereocenters. The zero-order valence-electron chi connectivity index (χ0n) is 15.8. The first-order chi connectivity index (χ1) is 13.9. The zero-order valence-corrected chi connectivity index (χ0v) is 15.8. The third kappa shape index (κ3) is 5.28. The van der Waals surface area contributed by atoms with Crippen LogP contribution in [0.25, 0.3) is 0 Å². The van der Waals surface area contributed by atoms with Gasteiger partial charge in [-0.3, -0.25) is 0 Å². The summed E-state index contributed by atoms with van der Waals surface area (Å²) in [6.45, 7) is 2.36. The van der Waals surface area contributed by atoms with E-state index in [0.717, 1.165) is 16.8 Å². The SMILES string of the molecule is Cc1cc(NCc2ccccc2B(O)O)ccc1N=Nc1ccc(C(=O)O)cc1. The van der Waals surface area contributed by atoms with Crippen LogP contribution in [0.1, 0.15) is 21.5 Å². The lowest BCUT2D eigenvalue weighted by Gasteiger charge is -2.12. The van der Waals surface area contributed by atoms with Crippen LogP contribution in [-0.2, 0) is 6.54 Å². The number of carbonyl (C=O) groups is 1. The van der Waals surface area contributed by atoms with E-state index in [2.05, 4.69) is 15.5 Å². The molecule has 0 spiro atoms. The minimum atomic E-state index is -1.51. The summed E-state index contributed by atoms with van der Waals surface area (Å²) in [6, 6.07) is 18.9. The van der Waals surface area contributed by atoms with Gasteiger partial charge in [0, 0.05) is 12.2 Å². The molecule has 4 N–H and O–H groups in total. The van der Waals surface area contributed by atoms with Crippen LogP contribution in [0.5, 0.6) is 0 Å². The van der Waals surface area contributed by atoms with Gasteiger partial charge in [0.2, 0.25) is 0 Å². The van der Waals surface area contributed by atoms with Gasteiger partial charge in [-0.1, -0.05) is 24.3 Å². The van der Waals surface area contributed by atoms with Gasteiger partial charge in [-0.15, -0.1) is 0 Å². The van der Waals surface area contributed by atoms with Crippen molar-refractivity contribution in [1.29, 1.82) is 0 Å². The van der Waals surface area contributed by atoms with Crippen molar-refractivity contribution in [2.24, 2.45) is 10.2 Å². The predicted molar refractivity (Wildman–Crippen MR) is 112 cm³/mol. The number of rotatable bonds is 7. The maximum Gasteiger partial charge on any atom is 0.488 e. The van der Waals surface area contributed by atoms with E-state index in [-0.39, 0.29) is 5.56 Å². The average molecular weight is 389 g/mol. The number of carboxylic acids is 1. The molecule has 0 aromatic heterocycles. The van der Waals surface area contributed by atoms with Crippen molar-refractivity contribution in [3.63, 3.8) is 0 Å². The molecule has 0 atom stereocenters. The van der Waals surface area contributed by atoms with Crippen LogP contribution >= 0.6 is 0 Å². The van der Waals surface area contributed by atoms with Gasteiger partial charge in [-0.25, -0.2) is 4.79 Å². The molecule has 0 heterocycles. The van der Waals surface area contributed by atoms with E-state index < -0.39 is 13.1 Å². The second-order valence-corrected chi connectivity index (χ2v) is 6.48. The molecular formula is C21H20BN3O4. The molecule has 3 aromatic rings. The van der Waals surface area contributed by atoms with E-state index in [1.165, 1.54) is 12.1 Å². The van der Waals surface area contributed by atoms with Gasteiger partial charge in [0.05, 0.1) is 16.9 Å². The smallest absolute Gasteiger partial charge is 0.478 e. The number of hydrogen-bond donors (Lipinski definition) is 4. The summed E-state index contributed by atoms with van der Waals surface area (Å²) in [5.41, 5.74) is 4.52. The average Bonchev–Trinajstić information content (AvgIpc) is 2.72. The first-order valence-electron chi connectivity index (χ1n) is 8.97. The maximum atomic E-state index is 10.9. The highest BCUT2D eigenvalue weighted by atomic mass is 16.4. The van der Waals surface area contributed by atoms with Crippen molar-refractivity contribution in [2.75, 3.05) is 5.32 Å². The number of hydrogen-bond acceptors (Lipinski definition) is 6. The van der Waals surface area contributed by atoms with Gasteiger partial charge in [-0.05, 0) is 66.0 Å². The Morgan fingerprint density at radius 1 is 1.00 bits per heavy atom. The fourth-order valence-electron chi connectivity index (χ4n) is 2.80. The molecule has 3 rings (SSSR count). The Morgan fingerprint density at radius 3 is 2.38 bits per heavy atom. The zero-order chi connectivity index (χ0) is 20.8. The number of anilines is 1. The quantitative estimate of drug-likeness (QED) is 0.365. The first-order valence-corrected chi connectivity index (χ1v) is 8.97. The molecule has 7 nitrogen and oxygen atoms in total. The fraction of sp³-hybridized carbons (Fsp3) is 0.0952. The first kappa shape index (κ1) is 20.3. The topological polar surface area (TPSA) is 115 Å². The number of benzene rings is 3. The number of nitrogens with one attached hydrogen (secondary N) is 1. The van der Waals surface area contributed by atoms with E-state index in [0.29, 0.717) is 23.4 Å². The molecule has 0 radical (unpaired) electrons. The highest BCUT2D eigenvalue weighted by Crippen LogP contribution is 2.25. The molecule has 0 bridgehead atoms. The second-order valence-electron chi connectivity index (χ2n) is 6.48. The fourth-order valence-corrected chi connectivity index (χ4v) is 2.80. The molecule has 0 aliphatic heterocycles. The van der Waals surface area contributed by atoms with Crippen molar-refractivity contribution in [3.8, 4) is 0 Å². The van der Waals surface area contributed by atoms with Crippen molar-refractivity contribution >= 4 is 35.6 Å². The van der Waals surface area contributed by atoms with E-state index in [1.54, 1.807) is 24.3 Å². The monoisotopic (exact) mass is 389 g/mol. The van der Waals surface area contributed by atoms with E-state index >= 15 is 0 Å². The Labute approximate surface area is 168 Å². The van der Waals surface area contributed by atoms with Crippen molar-refractivity contribution in [2.45, 2.75) is 13.5 Å². The molecule has 29 heavy (non-hydrogen) atoms. The molecular weight excluding hydrogens is 369 g/mol. The Kier molecular flexibility index (Phi) is 6.38. The van der Waals surface area contributed by atoms with Crippen LogP contribution < -0.4 is 10.8 Å². The Morgan fingerprint density at radius 2 is 1.72 bits per heavy atom. The van der Waals surface area contributed by atoms with Crippen LogP contribution in [0, 0.1) is 6.92 Å². The molecule has 3 aromatic carbocycles. The van der Waals surface area contributed by atoms with Gasteiger partial charge >= 0.3 is 13.1 Å². The Balaban J connectivity index is 1.68. The molecule has 0 aliphatic rings. The van der Waals surface area contributed by atoms with Crippen LogP contribution in [-0.4, -0.2) is 28.2 Å². The van der Waals surface area contributed by atoms with Crippen molar-refractivity contribution in [3.05, 3.63) is 83.4 Å².